The van der Waals surface area contributed by atoms with Crippen molar-refractivity contribution in [3.63, 3.8) is 0 Å². The number of carbonyl (C=O) groups is 1. The van der Waals surface area contributed by atoms with Gasteiger partial charge in [0.2, 0.25) is 5.91 Å². The Labute approximate surface area is 204 Å². The number of aryl methyl sites for hydroxylation is 1. The van der Waals surface area contributed by atoms with Crippen LogP contribution in [0.1, 0.15) is 25.3 Å². The lowest BCUT2D eigenvalue weighted by Crippen LogP contribution is -2.32. The first kappa shape index (κ1) is 25.3. The summed E-state index contributed by atoms with van der Waals surface area (Å²) in [6, 6.07) is 3.68. The van der Waals surface area contributed by atoms with Crippen LogP contribution in [-0.4, -0.2) is 50.6 Å². The monoisotopic (exact) mass is 503 g/mol. The standard InChI is InChI=1S/C25H25F4N5O2/c1-3-5-10-33-14-31-22-17(15-6-8-16(9-7-15)25(27,28)29)11-30-23(21(22)24(33)36)32-19-13-34(12-18(19)26)20(35)4-2/h4,6-9,11,14,18-19H,2-3,5,10,12-13H2,1H3,(H,30,32)/t18-,19+/m0/s1. The molecule has 36 heavy (non-hydrogen) atoms. The Bertz CT molecular complexity index is 1340. The number of benzene rings is 1. The Balaban J connectivity index is 1.79. The fourth-order valence-electron chi connectivity index (χ4n) is 4.19. The predicted octanol–water partition coefficient (Wildman–Crippen LogP) is 4.42. The van der Waals surface area contributed by atoms with Gasteiger partial charge in [-0.05, 0) is 30.2 Å². The van der Waals surface area contributed by atoms with E-state index in [0.717, 1.165) is 31.1 Å². The average molecular weight is 504 g/mol. The van der Waals surface area contributed by atoms with Gasteiger partial charge in [-0.25, -0.2) is 14.4 Å². The molecule has 190 valence electrons. The molecule has 1 aromatic carbocycles. The first-order chi connectivity index (χ1) is 17.1. The number of pyridine rings is 1. The van der Waals surface area contributed by atoms with Crippen molar-refractivity contribution in [3.8, 4) is 11.1 Å². The van der Waals surface area contributed by atoms with Gasteiger partial charge in [0.05, 0.1) is 30.0 Å². The Morgan fingerprint density at radius 3 is 2.58 bits per heavy atom. The van der Waals surface area contributed by atoms with Crippen LogP contribution in [0.5, 0.6) is 0 Å². The normalized spacial score (nSPS) is 18.0. The van der Waals surface area contributed by atoms with Gasteiger partial charge < -0.3 is 10.2 Å². The van der Waals surface area contributed by atoms with Crippen LogP contribution >= 0.6 is 0 Å². The van der Waals surface area contributed by atoms with E-state index in [1.165, 1.54) is 34.1 Å². The molecule has 11 heteroatoms. The Kier molecular flexibility index (Phi) is 7.09. The molecule has 2 aromatic heterocycles. The van der Waals surface area contributed by atoms with E-state index in [-0.39, 0.29) is 29.8 Å². The van der Waals surface area contributed by atoms with Gasteiger partial charge in [0, 0.05) is 24.8 Å². The van der Waals surface area contributed by atoms with Crippen molar-refractivity contribution < 1.29 is 22.4 Å². The molecule has 4 rings (SSSR count). The molecule has 1 aliphatic heterocycles. The molecule has 0 unspecified atom stereocenters. The highest BCUT2D eigenvalue weighted by Gasteiger charge is 2.35. The second-order valence-corrected chi connectivity index (χ2v) is 8.63. The number of likely N-dealkylation sites (tertiary alicyclic amines) is 1. The van der Waals surface area contributed by atoms with Crippen LogP contribution < -0.4 is 10.9 Å². The van der Waals surface area contributed by atoms with E-state index in [9.17, 15) is 27.2 Å². The van der Waals surface area contributed by atoms with Gasteiger partial charge >= 0.3 is 6.18 Å². The highest BCUT2D eigenvalue weighted by atomic mass is 19.4. The number of hydrogen-bond acceptors (Lipinski definition) is 5. The van der Waals surface area contributed by atoms with Crippen molar-refractivity contribution in [2.75, 3.05) is 18.4 Å². The van der Waals surface area contributed by atoms with E-state index < -0.39 is 35.4 Å². The number of aromatic nitrogens is 3. The van der Waals surface area contributed by atoms with Crippen LogP contribution in [0.4, 0.5) is 23.4 Å². The summed E-state index contributed by atoms with van der Waals surface area (Å²) < 4.78 is 55.2. The molecule has 1 saturated heterocycles. The van der Waals surface area contributed by atoms with Crippen LogP contribution in [0.2, 0.25) is 0 Å². The first-order valence-corrected chi connectivity index (χ1v) is 11.5. The van der Waals surface area contributed by atoms with Gasteiger partial charge in [-0.2, -0.15) is 13.2 Å². The minimum Gasteiger partial charge on any atom is -0.362 e. The minimum absolute atomic E-state index is 0.0557. The molecular formula is C25H25F4N5O2. The molecule has 1 fully saturated rings. The lowest BCUT2D eigenvalue weighted by Gasteiger charge is -2.18. The van der Waals surface area contributed by atoms with Gasteiger partial charge in [0.15, 0.2) is 0 Å². The number of rotatable bonds is 7. The zero-order chi connectivity index (χ0) is 26.0. The maximum atomic E-state index is 14.7. The molecule has 1 aliphatic rings. The molecule has 3 aromatic rings. The van der Waals surface area contributed by atoms with E-state index in [4.69, 9.17) is 0 Å². The third kappa shape index (κ3) is 4.95. The van der Waals surface area contributed by atoms with Crippen LogP contribution in [-0.2, 0) is 17.5 Å². The number of halogens is 4. The number of unbranched alkanes of at least 4 members (excludes halogenated alkanes) is 1. The largest absolute Gasteiger partial charge is 0.416 e. The summed E-state index contributed by atoms with van der Waals surface area (Å²) in [5, 5.41) is 3.06. The molecule has 1 N–H and O–H groups in total. The number of amides is 1. The summed E-state index contributed by atoms with van der Waals surface area (Å²) in [5.41, 5.74) is -0.194. The third-order valence-corrected chi connectivity index (χ3v) is 6.19. The van der Waals surface area contributed by atoms with E-state index in [1.807, 2.05) is 6.92 Å². The van der Waals surface area contributed by atoms with Gasteiger partial charge in [0.1, 0.15) is 17.4 Å². The topological polar surface area (TPSA) is 80.1 Å². The molecular weight excluding hydrogens is 478 g/mol. The summed E-state index contributed by atoms with van der Waals surface area (Å²) in [6.45, 7) is 5.75. The first-order valence-electron chi connectivity index (χ1n) is 11.5. The number of hydrogen-bond donors (Lipinski definition) is 1. The number of nitrogens with one attached hydrogen (secondary N) is 1. The van der Waals surface area contributed by atoms with Crippen molar-refractivity contribution in [1.29, 1.82) is 0 Å². The molecule has 0 spiro atoms. The van der Waals surface area contributed by atoms with Crippen LogP contribution in [0.25, 0.3) is 22.0 Å². The highest BCUT2D eigenvalue weighted by molar-refractivity contribution is 5.98. The van der Waals surface area contributed by atoms with Gasteiger partial charge in [0.25, 0.3) is 5.56 Å². The molecule has 0 saturated carbocycles. The van der Waals surface area contributed by atoms with E-state index in [1.54, 1.807) is 0 Å². The summed E-state index contributed by atoms with van der Waals surface area (Å²) in [7, 11) is 0. The van der Waals surface area contributed by atoms with Gasteiger partial charge in [-0.1, -0.05) is 32.1 Å². The summed E-state index contributed by atoms with van der Waals surface area (Å²) in [6.07, 6.45) is -0.408. The van der Waals surface area contributed by atoms with Gasteiger partial charge in [-0.3, -0.25) is 14.2 Å². The zero-order valence-corrected chi connectivity index (χ0v) is 19.6. The lowest BCUT2D eigenvalue weighted by molar-refractivity contribution is -0.137. The average Bonchev–Trinajstić information content (AvgIpc) is 3.22. The molecule has 7 nitrogen and oxygen atoms in total. The second kappa shape index (κ2) is 10.1. The molecule has 0 bridgehead atoms. The van der Waals surface area contributed by atoms with Crippen LogP contribution in [0.15, 0.2) is 54.2 Å². The number of fused-ring (bicyclic) bond motifs is 1. The van der Waals surface area contributed by atoms with Crippen molar-refractivity contribution in [3.05, 3.63) is 65.4 Å². The molecule has 0 radical (unpaired) electrons. The fraction of sp³-hybridized carbons (Fsp3) is 0.360. The van der Waals surface area contributed by atoms with Crippen molar-refractivity contribution >= 4 is 22.6 Å². The highest BCUT2D eigenvalue weighted by Crippen LogP contribution is 2.33. The van der Waals surface area contributed by atoms with Crippen LogP contribution in [0, 0.1) is 0 Å². The molecule has 1 amide bonds. The minimum atomic E-state index is -4.48. The SMILES string of the molecule is C=CC(=O)N1C[C@H](F)[C@H](Nc2ncc(-c3ccc(C(F)(F)F)cc3)c3ncn(CCCC)c(=O)c23)C1. The van der Waals surface area contributed by atoms with E-state index >= 15 is 0 Å². The lowest BCUT2D eigenvalue weighted by atomic mass is 10.0. The van der Waals surface area contributed by atoms with Crippen molar-refractivity contribution in [1.82, 2.24) is 19.4 Å². The van der Waals surface area contributed by atoms with Crippen LogP contribution in [0.3, 0.4) is 0 Å². The Hall–Kier alpha value is -3.76. The predicted molar refractivity (Wildman–Crippen MR) is 128 cm³/mol. The summed E-state index contributed by atoms with van der Waals surface area (Å²) in [4.78, 5) is 35.4. The number of nitrogens with zero attached hydrogens (tertiary/aromatic N) is 4. The number of alkyl halides is 4. The molecule has 0 aliphatic carbocycles. The smallest absolute Gasteiger partial charge is 0.362 e. The molecule has 2 atom stereocenters. The molecule has 3 heterocycles. The third-order valence-electron chi connectivity index (χ3n) is 6.19. The maximum absolute atomic E-state index is 14.7. The summed E-state index contributed by atoms with van der Waals surface area (Å²) >= 11 is 0. The Morgan fingerprint density at radius 2 is 1.94 bits per heavy atom. The van der Waals surface area contributed by atoms with E-state index in [2.05, 4.69) is 21.9 Å². The maximum Gasteiger partial charge on any atom is 0.416 e. The van der Waals surface area contributed by atoms with Crippen molar-refractivity contribution in [2.45, 2.75) is 44.7 Å². The number of anilines is 1. The quantitative estimate of drug-likeness (QED) is 0.381. The van der Waals surface area contributed by atoms with Gasteiger partial charge in [-0.15, -0.1) is 0 Å². The second-order valence-electron chi connectivity index (χ2n) is 8.63. The Morgan fingerprint density at radius 1 is 1.22 bits per heavy atom. The number of carbonyl (C=O) groups excluding carboxylic acids is 1. The summed E-state index contributed by atoms with van der Waals surface area (Å²) in [5.74, 6) is -0.300. The zero-order valence-electron chi connectivity index (χ0n) is 19.6. The fourth-order valence-corrected chi connectivity index (χ4v) is 4.19. The van der Waals surface area contributed by atoms with Crippen molar-refractivity contribution in [2.24, 2.45) is 0 Å². The van der Waals surface area contributed by atoms with E-state index in [0.29, 0.717) is 17.7 Å².